The Labute approximate surface area is 130 Å². The van der Waals surface area contributed by atoms with Gasteiger partial charge >= 0.3 is 0 Å². The largest absolute Gasteiger partial charge is 0.394 e. The predicted octanol–water partition coefficient (Wildman–Crippen LogP) is 3.47. The van der Waals surface area contributed by atoms with Crippen molar-refractivity contribution in [2.45, 2.75) is 85.6 Å². The van der Waals surface area contributed by atoms with Crippen molar-refractivity contribution >= 4 is 11.7 Å². The van der Waals surface area contributed by atoms with Crippen molar-refractivity contribution in [2.75, 3.05) is 6.61 Å². The Morgan fingerprint density at radius 3 is 2.05 bits per heavy atom. The Morgan fingerprint density at radius 1 is 1.14 bits per heavy atom. The first-order valence-electron chi connectivity index (χ1n) is 8.12. The molecule has 0 spiro atoms. The molecule has 0 rings (SSSR count). The molecule has 0 heterocycles. The molecular weight excluding hydrogens is 266 g/mol. The number of hydrogen-bond acceptors (Lipinski definition) is 3. The van der Waals surface area contributed by atoms with Gasteiger partial charge in [0, 0.05) is 19.3 Å². The Kier molecular flexibility index (Phi) is 13.7. The van der Waals surface area contributed by atoms with E-state index in [-0.39, 0.29) is 18.3 Å². The number of nitrogens with one attached hydrogen (secondary N) is 1. The van der Waals surface area contributed by atoms with Crippen LogP contribution in [0.3, 0.4) is 0 Å². The second kappa shape index (κ2) is 12.8. The summed E-state index contributed by atoms with van der Waals surface area (Å²) in [4.78, 5) is 22.3. The van der Waals surface area contributed by atoms with Crippen LogP contribution in [0.2, 0.25) is 0 Å². The third-order valence-corrected chi connectivity index (χ3v) is 2.99. The average molecular weight is 301 g/mol. The SMILES string of the molecule is CCC(=O)CCCC(=O)NC(C)(C)CO.CCCC(C)C. The summed E-state index contributed by atoms with van der Waals surface area (Å²) >= 11 is 0. The lowest BCUT2D eigenvalue weighted by Crippen LogP contribution is -2.46. The van der Waals surface area contributed by atoms with E-state index < -0.39 is 5.54 Å². The highest BCUT2D eigenvalue weighted by Gasteiger charge is 2.18. The quantitative estimate of drug-likeness (QED) is 0.685. The van der Waals surface area contributed by atoms with E-state index in [1.807, 2.05) is 6.92 Å². The molecule has 0 fully saturated rings. The van der Waals surface area contributed by atoms with Crippen LogP contribution in [-0.2, 0) is 9.59 Å². The highest BCUT2D eigenvalue weighted by Crippen LogP contribution is 2.03. The number of carbonyl (C=O) groups is 2. The van der Waals surface area contributed by atoms with Crippen LogP contribution in [0, 0.1) is 5.92 Å². The third kappa shape index (κ3) is 17.0. The van der Waals surface area contributed by atoms with E-state index in [1.54, 1.807) is 13.8 Å². The molecule has 4 heteroatoms. The van der Waals surface area contributed by atoms with Gasteiger partial charge in [-0.15, -0.1) is 0 Å². The molecule has 0 aromatic carbocycles. The molecule has 0 radical (unpaired) electrons. The Bertz CT molecular complexity index is 286. The molecule has 126 valence electrons. The fourth-order valence-corrected chi connectivity index (χ4v) is 1.68. The molecule has 2 N–H and O–H groups in total. The van der Waals surface area contributed by atoms with Gasteiger partial charge in [0.1, 0.15) is 5.78 Å². The van der Waals surface area contributed by atoms with Gasteiger partial charge in [-0.1, -0.05) is 40.5 Å². The van der Waals surface area contributed by atoms with E-state index in [1.165, 1.54) is 12.8 Å². The predicted molar refractivity (Wildman–Crippen MR) is 88.2 cm³/mol. The van der Waals surface area contributed by atoms with Crippen LogP contribution < -0.4 is 5.32 Å². The average Bonchev–Trinajstić information content (AvgIpc) is 2.38. The van der Waals surface area contributed by atoms with Crippen molar-refractivity contribution in [1.29, 1.82) is 0 Å². The molecule has 0 aliphatic rings. The standard InChI is InChI=1S/C11H21NO3.C6H14/c1-4-9(14)6-5-7-10(15)12-11(2,3)8-13;1-4-5-6(2)3/h13H,4-8H2,1-3H3,(H,12,15);6H,4-5H2,1-3H3. The second-order valence-electron chi connectivity index (χ2n) is 6.52. The zero-order valence-corrected chi connectivity index (χ0v) is 14.8. The zero-order chi connectivity index (χ0) is 16.9. The summed E-state index contributed by atoms with van der Waals surface area (Å²) in [5.74, 6) is 0.970. The van der Waals surface area contributed by atoms with E-state index in [9.17, 15) is 9.59 Å². The van der Waals surface area contributed by atoms with E-state index >= 15 is 0 Å². The fourth-order valence-electron chi connectivity index (χ4n) is 1.68. The van der Waals surface area contributed by atoms with Crippen LogP contribution in [0.4, 0.5) is 0 Å². The molecular formula is C17H35NO3. The van der Waals surface area contributed by atoms with Crippen molar-refractivity contribution < 1.29 is 14.7 Å². The normalized spacial score (nSPS) is 10.9. The molecule has 0 aliphatic heterocycles. The third-order valence-electron chi connectivity index (χ3n) is 2.99. The van der Waals surface area contributed by atoms with Crippen molar-refractivity contribution in [3.63, 3.8) is 0 Å². The molecule has 0 saturated carbocycles. The molecule has 4 nitrogen and oxygen atoms in total. The van der Waals surface area contributed by atoms with Crippen LogP contribution in [0.15, 0.2) is 0 Å². The second-order valence-corrected chi connectivity index (χ2v) is 6.52. The topological polar surface area (TPSA) is 66.4 Å². The van der Waals surface area contributed by atoms with Gasteiger partial charge in [0.2, 0.25) is 5.91 Å². The molecule has 0 aromatic rings. The number of aliphatic hydroxyl groups excluding tert-OH is 1. The summed E-state index contributed by atoms with van der Waals surface area (Å²) < 4.78 is 0. The van der Waals surface area contributed by atoms with E-state index in [0.29, 0.717) is 25.7 Å². The Hall–Kier alpha value is -0.900. The first-order chi connectivity index (χ1) is 9.68. The fraction of sp³-hybridized carbons (Fsp3) is 0.882. The number of rotatable bonds is 9. The summed E-state index contributed by atoms with van der Waals surface area (Å²) in [6, 6.07) is 0. The van der Waals surface area contributed by atoms with E-state index in [2.05, 4.69) is 26.1 Å². The maximum absolute atomic E-state index is 11.4. The van der Waals surface area contributed by atoms with Gasteiger partial charge in [0.05, 0.1) is 12.1 Å². The van der Waals surface area contributed by atoms with Gasteiger partial charge in [-0.25, -0.2) is 0 Å². The minimum atomic E-state index is -0.578. The monoisotopic (exact) mass is 301 g/mol. The number of ketones is 1. The molecule has 21 heavy (non-hydrogen) atoms. The van der Waals surface area contributed by atoms with E-state index in [4.69, 9.17) is 5.11 Å². The van der Waals surface area contributed by atoms with Gasteiger partial charge in [0.15, 0.2) is 0 Å². The number of amides is 1. The molecule has 0 unspecified atom stereocenters. The molecule has 0 bridgehead atoms. The smallest absolute Gasteiger partial charge is 0.220 e. The van der Waals surface area contributed by atoms with Crippen LogP contribution >= 0.6 is 0 Å². The van der Waals surface area contributed by atoms with E-state index in [0.717, 1.165) is 5.92 Å². The highest BCUT2D eigenvalue weighted by molar-refractivity contribution is 5.80. The number of Topliss-reactive ketones (excluding diaryl/α,β-unsaturated/α-hetero) is 1. The van der Waals surface area contributed by atoms with Crippen LogP contribution in [0.1, 0.15) is 80.1 Å². The zero-order valence-electron chi connectivity index (χ0n) is 14.8. The van der Waals surface area contributed by atoms with Gasteiger partial charge in [-0.2, -0.15) is 0 Å². The number of aliphatic hydroxyl groups is 1. The summed E-state index contributed by atoms with van der Waals surface area (Å²) in [5, 5.41) is 11.6. The minimum Gasteiger partial charge on any atom is -0.394 e. The van der Waals surface area contributed by atoms with Gasteiger partial charge in [0.25, 0.3) is 0 Å². The van der Waals surface area contributed by atoms with Crippen molar-refractivity contribution in [2.24, 2.45) is 5.92 Å². The number of hydrogen-bond donors (Lipinski definition) is 2. The van der Waals surface area contributed by atoms with Gasteiger partial charge < -0.3 is 10.4 Å². The van der Waals surface area contributed by atoms with Crippen LogP contribution in [0.25, 0.3) is 0 Å². The Morgan fingerprint density at radius 2 is 1.71 bits per heavy atom. The van der Waals surface area contributed by atoms with Crippen molar-refractivity contribution in [3.05, 3.63) is 0 Å². The highest BCUT2D eigenvalue weighted by atomic mass is 16.3. The lowest BCUT2D eigenvalue weighted by molar-refractivity contribution is -0.123. The first-order valence-corrected chi connectivity index (χ1v) is 8.12. The summed E-state index contributed by atoms with van der Waals surface area (Å²) in [7, 11) is 0. The minimum absolute atomic E-state index is 0.0906. The molecule has 1 amide bonds. The maximum atomic E-state index is 11.4. The molecule has 0 aromatic heterocycles. The maximum Gasteiger partial charge on any atom is 0.220 e. The van der Waals surface area contributed by atoms with Crippen molar-refractivity contribution in [1.82, 2.24) is 5.32 Å². The van der Waals surface area contributed by atoms with Gasteiger partial charge in [-0.3, -0.25) is 9.59 Å². The first kappa shape index (κ1) is 22.4. The summed E-state index contributed by atoms with van der Waals surface area (Å²) in [5.41, 5.74) is -0.578. The molecule has 0 saturated heterocycles. The lowest BCUT2D eigenvalue weighted by Gasteiger charge is -2.23. The number of carbonyl (C=O) groups excluding carboxylic acids is 2. The van der Waals surface area contributed by atoms with Gasteiger partial charge in [-0.05, 0) is 26.2 Å². The molecule has 0 atom stereocenters. The van der Waals surface area contributed by atoms with Crippen molar-refractivity contribution in [3.8, 4) is 0 Å². The molecule has 0 aliphatic carbocycles. The van der Waals surface area contributed by atoms with Crippen LogP contribution in [-0.4, -0.2) is 28.9 Å². The summed E-state index contributed by atoms with van der Waals surface area (Å²) in [6.07, 6.45) is 4.63. The Balaban J connectivity index is 0. The lowest BCUT2D eigenvalue weighted by atomic mass is 10.1. The van der Waals surface area contributed by atoms with Crippen LogP contribution in [0.5, 0.6) is 0 Å². The summed E-state index contributed by atoms with van der Waals surface area (Å²) in [6.45, 7) is 12.0.